The second-order valence-electron chi connectivity index (χ2n) is 2.16. The molecule has 0 amide bonds. The third-order valence-electron chi connectivity index (χ3n) is 1.25. The Bertz CT molecular complexity index is 204. The van der Waals surface area contributed by atoms with Gasteiger partial charge in [-0.25, -0.2) is 9.13 Å². The maximum atomic E-state index is 10.1. The second kappa shape index (κ2) is 5.16. The molecule has 0 aromatic carbocycles. The van der Waals surface area contributed by atoms with Crippen LogP contribution in [0.1, 0.15) is 6.42 Å². The number of aliphatic hydroxyl groups excluding tert-OH is 3. The van der Waals surface area contributed by atoms with Crippen LogP contribution >= 0.6 is 7.68 Å². The van der Waals surface area contributed by atoms with E-state index in [9.17, 15) is 13.9 Å². The SMILES string of the molecule is O=CC[C@H](O)[C@H](O)C(O)P(=O)=O. The number of rotatable bonds is 5. The van der Waals surface area contributed by atoms with Crippen molar-refractivity contribution >= 4 is 14.0 Å². The minimum Gasteiger partial charge on any atom is -0.390 e. The molecule has 6 nitrogen and oxygen atoms in total. The minimum absolute atomic E-state index is 0.318. The molecule has 0 spiro atoms. The van der Waals surface area contributed by atoms with Gasteiger partial charge in [-0.3, -0.25) is 0 Å². The molecule has 1 unspecified atom stereocenters. The van der Waals surface area contributed by atoms with Crippen LogP contribution in [0.25, 0.3) is 0 Å². The summed E-state index contributed by atoms with van der Waals surface area (Å²) in [6.07, 6.45) is -3.48. The lowest BCUT2D eigenvalue weighted by molar-refractivity contribution is -0.112. The largest absolute Gasteiger partial charge is 0.390 e. The van der Waals surface area contributed by atoms with E-state index in [0.29, 0.717) is 6.29 Å². The molecule has 7 heteroatoms. The zero-order valence-electron chi connectivity index (χ0n) is 6.03. The fraction of sp³-hybridized carbons (Fsp3) is 0.800. The molecule has 0 heterocycles. The molecule has 0 rings (SSSR count). The van der Waals surface area contributed by atoms with E-state index in [1.54, 1.807) is 0 Å². The third-order valence-corrected chi connectivity index (χ3v) is 1.99. The van der Waals surface area contributed by atoms with Crippen molar-refractivity contribution in [3.63, 3.8) is 0 Å². The monoisotopic (exact) mass is 196 g/mol. The van der Waals surface area contributed by atoms with Crippen LogP contribution in [0.15, 0.2) is 0 Å². The maximum absolute atomic E-state index is 10.1. The van der Waals surface area contributed by atoms with E-state index >= 15 is 0 Å². The van der Waals surface area contributed by atoms with E-state index in [2.05, 4.69) is 0 Å². The predicted octanol–water partition coefficient (Wildman–Crippen LogP) is -1.21. The van der Waals surface area contributed by atoms with Gasteiger partial charge < -0.3 is 20.1 Å². The zero-order valence-corrected chi connectivity index (χ0v) is 6.92. The lowest BCUT2D eigenvalue weighted by Crippen LogP contribution is -2.34. The first-order valence-electron chi connectivity index (χ1n) is 3.12. The normalized spacial score (nSPS) is 17.9. The van der Waals surface area contributed by atoms with Gasteiger partial charge in [-0.15, -0.1) is 0 Å². The van der Waals surface area contributed by atoms with E-state index in [1.807, 2.05) is 0 Å². The van der Waals surface area contributed by atoms with Gasteiger partial charge in [0.05, 0.1) is 6.10 Å². The topological polar surface area (TPSA) is 112 Å². The average Bonchev–Trinajstić information content (AvgIpc) is 2.02. The van der Waals surface area contributed by atoms with Crippen LogP contribution in [-0.4, -0.2) is 39.7 Å². The highest BCUT2D eigenvalue weighted by Crippen LogP contribution is 2.17. The Kier molecular flexibility index (Phi) is 4.92. The van der Waals surface area contributed by atoms with Gasteiger partial charge in [0.25, 0.3) is 0 Å². The average molecular weight is 196 g/mol. The molecule has 0 aliphatic rings. The molecular weight excluding hydrogens is 187 g/mol. The van der Waals surface area contributed by atoms with Gasteiger partial charge in [-0.1, -0.05) is 0 Å². The quantitative estimate of drug-likeness (QED) is 0.375. The first kappa shape index (κ1) is 11.4. The van der Waals surface area contributed by atoms with Crippen molar-refractivity contribution in [2.24, 2.45) is 0 Å². The van der Waals surface area contributed by atoms with E-state index in [1.165, 1.54) is 0 Å². The molecular formula is C5H9O6P. The molecule has 0 aliphatic heterocycles. The Hall–Kier alpha value is -0.550. The number of aldehydes is 1. The summed E-state index contributed by atoms with van der Waals surface area (Å²) in [5.74, 6) is -2.03. The fourth-order valence-electron chi connectivity index (χ4n) is 0.561. The number of carbonyl (C=O) groups excluding carboxylic acids is 1. The van der Waals surface area contributed by atoms with Crippen molar-refractivity contribution in [3.05, 3.63) is 0 Å². The Morgan fingerprint density at radius 3 is 2.08 bits per heavy atom. The van der Waals surface area contributed by atoms with Crippen molar-refractivity contribution in [1.29, 1.82) is 0 Å². The molecule has 0 aromatic rings. The zero-order chi connectivity index (χ0) is 9.72. The van der Waals surface area contributed by atoms with Crippen molar-refractivity contribution in [2.75, 3.05) is 0 Å². The molecule has 3 N–H and O–H groups in total. The first-order valence-corrected chi connectivity index (χ1v) is 4.36. The fourth-order valence-corrected chi connectivity index (χ4v) is 1.01. The highest BCUT2D eigenvalue weighted by atomic mass is 31.1. The van der Waals surface area contributed by atoms with Gasteiger partial charge in [0.15, 0.2) is 5.85 Å². The number of aliphatic hydroxyl groups is 3. The molecule has 0 saturated carbocycles. The summed E-state index contributed by atoms with van der Waals surface area (Å²) < 4.78 is 20.2. The van der Waals surface area contributed by atoms with Crippen molar-refractivity contribution in [3.8, 4) is 0 Å². The Balaban J connectivity index is 4.16. The number of hydrogen-bond acceptors (Lipinski definition) is 6. The number of hydrogen-bond donors (Lipinski definition) is 3. The van der Waals surface area contributed by atoms with Crippen LogP contribution in [0.2, 0.25) is 0 Å². The number of carbonyl (C=O) groups is 1. The van der Waals surface area contributed by atoms with Crippen LogP contribution in [0.3, 0.4) is 0 Å². The predicted molar refractivity (Wildman–Crippen MR) is 37.0 cm³/mol. The van der Waals surface area contributed by atoms with Crippen LogP contribution < -0.4 is 0 Å². The summed E-state index contributed by atoms with van der Waals surface area (Å²) >= 11 is 0. The summed E-state index contributed by atoms with van der Waals surface area (Å²) in [7, 11) is -3.21. The van der Waals surface area contributed by atoms with E-state index in [-0.39, 0.29) is 0 Å². The Labute approximate surface area is 68.7 Å². The lowest BCUT2D eigenvalue weighted by Gasteiger charge is -2.15. The van der Waals surface area contributed by atoms with Crippen LogP contribution in [0.4, 0.5) is 0 Å². The molecule has 0 bridgehead atoms. The first-order chi connectivity index (χ1) is 5.50. The molecule has 12 heavy (non-hydrogen) atoms. The molecule has 70 valence electrons. The van der Waals surface area contributed by atoms with Crippen LogP contribution in [-0.2, 0) is 13.9 Å². The summed E-state index contributed by atoms with van der Waals surface area (Å²) in [6.45, 7) is 0. The van der Waals surface area contributed by atoms with E-state index in [4.69, 9.17) is 15.3 Å². The van der Waals surface area contributed by atoms with Gasteiger partial charge in [0, 0.05) is 6.42 Å². The summed E-state index contributed by atoms with van der Waals surface area (Å²) in [5, 5.41) is 26.3. The summed E-state index contributed by atoms with van der Waals surface area (Å²) in [4.78, 5) is 9.81. The van der Waals surface area contributed by atoms with Gasteiger partial charge in [0.1, 0.15) is 12.4 Å². The van der Waals surface area contributed by atoms with Crippen molar-refractivity contribution in [1.82, 2.24) is 0 Å². The molecule has 3 atom stereocenters. The van der Waals surface area contributed by atoms with E-state index in [0.717, 1.165) is 0 Å². The standard InChI is InChI=1S/C5H9O6P/c6-2-1-3(7)4(8)5(9)12(10)11/h2-5,7-9H,1H2/t3-,4-,5?/m0/s1. The van der Waals surface area contributed by atoms with Crippen molar-refractivity contribution in [2.45, 2.75) is 24.5 Å². The van der Waals surface area contributed by atoms with E-state index < -0.39 is 32.2 Å². The van der Waals surface area contributed by atoms with Crippen LogP contribution in [0, 0.1) is 0 Å². The van der Waals surface area contributed by atoms with Gasteiger partial charge in [-0.05, 0) is 0 Å². The second-order valence-corrected chi connectivity index (χ2v) is 3.26. The third kappa shape index (κ3) is 3.23. The van der Waals surface area contributed by atoms with Gasteiger partial charge >= 0.3 is 7.68 Å². The summed E-state index contributed by atoms with van der Waals surface area (Å²) in [5.41, 5.74) is 0. The van der Waals surface area contributed by atoms with Crippen LogP contribution in [0.5, 0.6) is 0 Å². The maximum Gasteiger partial charge on any atom is 0.347 e. The molecule has 0 saturated heterocycles. The minimum atomic E-state index is -3.21. The Morgan fingerprint density at radius 1 is 1.25 bits per heavy atom. The van der Waals surface area contributed by atoms with Crippen molar-refractivity contribution < 1.29 is 29.2 Å². The Morgan fingerprint density at radius 2 is 1.75 bits per heavy atom. The lowest BCUT2D eigenvalue weighted by atomic mass is 10.1. The summed E-state index contributed by atoms with van der Waals surface area (Å²) in [6, 6.07) is 0. The highest BCUT2D eigenvalue weighted by molar-refractivity contribution is 7.31. The smallest absolute Gasteiger partial charge is 0.347 e. The van der Waals surface area contributed by atoms with Gasteiger partial charge in [-0.2, -0.15) is 0 Å². The molecule has 0 radical (unpaired) electrons. The molecule has 0 aliphatic carbocycles. The molecule has 0 aromatic heterocycles. The highest BCUT2D eigenvalue weighted by Gasteiger charge is 2.28. The molecule has 0 fully saturated rings. The van der Waals surface area contributed by atoms with Gasteiger partial charge in [0.2, 0.25) is 0 Å².